The first-order chi connectivity index (χ1) is 14.2. The number of likely N-dealkylation sites (tertiary alicyclic amines) is 1. The monoisotopic (exact) mass is 401 g/mol. The molecule has 2 aliphatic heterocycles. The molecule has 0 unspecified atom stereocenters. The minimum Gasteiger partial charge on any atom is -0.497 e. The van der Waals surface area contributed by atoms with Crippen molar-refractivity contribution in [1.82, 2.24) is 4.90 Å². The molecule has 2 N–H and O–H groups in total. The fourth-order valence-electron chi connectivity index (χ4n) is 4.60. The Morgan fingerprint density at radius 1 is 0.897 bits per heavy atom. The van der Waals surface area contributed by atoms with E-state index in [2.05, 4.69) is 0 Å². The van der Waals surface area contributed by atoms with Crippen molar-refractivity contribution in [2.75, 3.05) is 53.1 Å². The van der Waals surface area contributed by atoms with E-state index in [0.29, 0.717) is 26.1 Å². The lowest BCUT2D eigenvalue weighted by Gasteiger charge is -2.31. The molecule has 4 rings (SSSR count). The summed E-state index contributed by atoms with van der Waals surface area (Å²) >= 11 is 0. The van der Waals surface area contributed by atoms with E-state index in [-0.39, 0.29) is 23.7 Å². The number of hydrogen-bond acceptors (Lipinski definition) is 4. The largest absolute Gasteiger partial charge is 0.497 e. The first-order valence-electron chi connectivity index (χ1n) is 10.6. The Morgan fingerprint density at radius 2 is 1.45 bits per heavy atom. The summed E-state index contributed by atoms with van der Waals surface area (Å²) in [7, 11) is 1.65. The molecule has 1 aliphatic carbocycles. The van der Waals surface area contributed by atoms with Crippen LogP contribution in [0.5, 0.6) is 11.5 Å². The summed E-state index contributed by atoms with van der Waals surface area (Å²) in [5.41, 5.74) is 0. The molecule has 0 aromatic heterocycles. The van der Waals surface area contributed by atoms with Crippen LogP contribution in [0, 0.1) is 11.8 Å². The van der Waals surface area contributed by atoms with Gasteiger partial charge in [-0.25, -0.2) is 4.90 Å². The highest BCUT2D eigenvalue weighted by molar-refractivity contribution is 6.05. The molecular formula is C22H31N3O4+2. The van der Waals surface area contributed by atoms with Gasteiger partial charge in [0, 0.05) is 0 Å². The number of imide groups is 1. The van der Waals surface area contributed by atoms with Gasteiger partial charge in [-0.1, -0.05) is 12.2 Å². The highest BCUT2D eigenvalue weighted by atomic mass is 16.5. The molecule has 7 nitrogen and oxygen atoms in total. The minimum absolute atomic E-state index is 0.0412. The number of rotatable bonds is 7. The molecule has 2 heterocycles. The first-order valence-corrected chi connectivity index (χ1v) is 10.6. The number of ether oxygens (including phenoxy) is 2. The highest BCUT2D eigenvalue weighted by Crippen LogP contribution is 2.34. The normalized spacial score (nSPS) is 29.1. The van der Waals surface area contributed by atoms with Crippen LogP contribution in [-0.2, 0) is 9.59 Å². The average molecular weight is 402 g/mol. The molecule has 29 heavy (non-hydrogen) atoms. The maximum atomic E-state index is 12.6. The average Bonchev–Trinajstić information content (AvgIpc) is 3.00. The maximum absolute atomic E-state index is 12.6. The number of allylic oxidation sites excluding steroid dienone is 2. The SMILES string of the molecule is COc1ccc(OCC[NH+]2CC[NH+](CN3C(=O)[C@H]4CC=CC[C@@H]4C3=O)CC2)cc1. The van der Waals surface area contributed by atoms with E-state index in [0.717, 1.165) is 44.2 Å². The highest BCUT2D eigenvalue weighted by Gasteiger charge is 2.48. The van der Waals surface area contributed by atoms with E-state index in [9.17, 15) is 9.59 Å². The molecule has 7 heteroatoms. The van der Waals surface area contributed by atoms with Gasteiger partial charge < -0.3 is 19.3 Å². The summed E-state index contributed by atoms with van der Waals surface area (Å²) in [6.45, 7) is 6.18. The van der Waals surface area contributed by atoms with Crippen LogP contribution in [-0.4, -0.2) is 69.8 Å². The standard InChI is InChI=1S/C22H29N3O4/c1-28-17-6-8-18(9-7-17)29-15-14-23-10-12-24(13-11-23)16-25-21(26)19-4-2-3-5-20(19)22(25)27/h2-3,6-9,19-20H,4-5,10-16H2,1H3/p+2/t19-,20-/m0/s1. The quantitative estimate of drug-likeness (QED) is 0.444. The van der Waals surface area contributed by atoms with Gasteiger partial charge in [-0.2, -0.15) is 0 Å². The summed E-state index contributed by atoms with van der Waals surface area (Å²) < 4.78 is 11.0. The molecule has 156 valence electrons. The second-order valence-electron chi connectivity index (χ2n) is 8.19. The van der Waals surface area contributed by atoms with Gasteiger partial charge in [0.15, 0.2) is 6.67 Å². The second kappa shape index (κ2) is 8.97. The Kier molecular flexibility index (Phi) is 6.16. The van der Waals surface area contributed by atoms with E-state index in [1.807, 2.05) is 36.4 Å². The van der Waals surface area contributed by atoms with Crippen molar-refractivity contribution in [1.29, 1.82) is 0 Å². The van der Waals surface area contributed by atoms with E-state index >= 15 is 0 Å². The Morgan fingerprint density at radius 3 is 2.03 bits per heavy atom. The molecule has 2 amide bonds. The molecule has 0 radical (unpaired) electrons. The summed E-state index contributed by atoms with van der Waals surface area (Å²) in [6, 6.07) is 7.65. The predicted molar refractivity (Wildman–Crippen MR) is 107 cm³/mol. The van der Waals surface area contributed by atoms with Gasteiger partial charge in [-0.3, -0.25) is 9.59 Å². The molecular weight excluding hydrogens is 370 g/mol. The topological polar surface area (TPSA) is 64.7 Å². The van der Waals surface area contributed by atoms with Gasteiger partial charge in [0.05, 0.1) is 18.9 Å². The molecule has 3 aliphatic rings. The molecule has 0 spiro atoms. The fourth-order valence-corrected chi connectivity index (χ4v) is 4.60. The second-order valence-corrected chi connectivity index (χ2v) is 8.19. The van der Waals surface area contributed by atoms with Crippen molar-refractivity contribution in [3.63, 3.8) is 0 Å². The number of quaternary nitrogens is 2. The molecule has 0 saturated carbocycles. The Hall–Kier alpha value is -2.38. The zero-order valence-corrected chi connectivity index (χ0v) is 17.1. The first kappa shape index (κ1) is 19.9. The molecule has 0 bridgehead atoms. The van der Waals surface area contributed by atoms with Crippen LogP contribution in [0.4, 0.5) is 0 Å². The lowest BCUT2D eigenvalue weighted by atomic mass is 9.85. The lowest BCUT2D eigenvalue weighted by molar-refractivity contribution is -1.01. The molecule has 2 saturated heterocycles. The number of carbonyl (C=O) groups excluding carboxylic acids is 2. The van der Waals surface area contributed by atoms with Crippen molar-refractivity contribution in [2.45, 2.75) is 12.8 Å². The number of hydrogen-bond donors (Lipinski definition) is 2. The summed E-state index contributed by atoms with van der Waals surface area (Å²) in [5.74, 6) is 1.53. The van der Waals surface area contributed by atoms with Crippen LogP contribution < -0.4 is 19.3 Å². The molecule has 2 atom stereocenters. The summed E-state index contributed by atoms with van der Waals surface area (Å²) in [5, 5.41) is 0. The Labute approximate surface area is 171 Å². The van der Waals surface area contributed by atoms with Crippen LogP contribution in [0.2, 0.25) is 0 Å². The molecule has 2 fully saturated rings. The Balaban J connectivity index is 1.19. The fraction of sp³-hybridized carbons (Fsp3) is 0.545. The van der Waals surface area contributed by atoms with E-state index in [4.69, 9.17) is 9.47 Å². The lowest BCUT2D eigenvalue weighted by Crippen LogP contribution is -3.28. The number of carbonyl (C=O) groups is 2. The zero-order chi connectivity index (χ0) is 20.2. The zero-order valence-electron chi connectivity index (χ0n) is 17.1. The molecule has 1 aromatic carbocycles. The third-order valence-corrected chi connectivity index (χ3v) is 6.43. The smallest absolute Gasteiger partial charge is 0.237 e. The van der Waals surface area contributed by atoms with E-state index in [1.165, 1.54) is 14.7 Å². The van der Waals surface area contributed by atoms with Crippen LogP contribution in [0.15, 0.2) is 36.4 Å². The van der Waals surface area contributed by atoms with Crippen molar-refractivity contribution < 1.29 is 28.9 Å². The number of benzene rings is 1. The Bertz CT molecular complexity index is 730. The third-order valence-electron chi connectivity index (χ3n) is 6.43. The van der Waals surface area contributed by atoms with Gasteiger partial charge in [-0.05, 0) is 37.1 Å². The van der Waals surface area contributed by atoms with Crippen LogP contribution in [0.1, 0.15) is 12.8 Å². The number of piperazine rings is 1. The van der Waals surface area contributed by atoms with Gasteiger partial charge in [-0.15, -0.1) is 0 Å². The van der Waals surface area contributed by atoms with Crippen LogP contribution >= 0.6 is 0 Å². The maximum Gasteiger partial charge on any atom is 0.237 e. The van der Waals surface area contributed by atoms with Gasteiger partial charge >= 0.3 is 0 Å². The van der Waals surface area contributed by atoms with E-state index in [1.54, 1.807) is 7.11 Å². The summed E-state index contributed by atoms with van der Waals surface area (Å²) in [6.07, 6.45) is 5.51. The summed E-state index contributed by atoms with van der Waals surface area (Å²) in [4.78, 5) is 29.6. The number of fused-ring (bicyclic) bond motifs is 1. The number of nitrogens with zero attached hydrogens (tertiary/aromatic N) is 1. The van der Waals surface area contributed by atoms with Gasteiger partial charge in [0.2, 0.25) is 11.8 Å². The van der Waals surface area contributed by atoms with E-state index < -0.39 is 0 Å². The van der Waals surface area contributed by atoms with Gasteiger partial charge in [0.25, 0.3) is 0 Å². The van der Waals surface area contributed by atoms with Crippen LogP contribution in [0.25, 0.3) is 0 Å². The van der Waals surface area contributed by atoms with Gasteiger partial charge in [0.1, 0.15) is 50.8 Å². The van der Waals surface area contributed by atoms with Crippen molar-refractivity contribution in [2.24, 2.45) is 11.8 Å². The number of methoxy groups -OCH3 is 1. The van der Waals surface area contributed by atoms with Crippen molar-refractivity contribution >= 4 is 11.8 Å². The number of amides is 2. The third kappa shape index (κ3) is 4.46. The van der Waals surface area contributed by atoms with Crippen LogP contribution in [0.3, 0.4) is 0 Å². The molecule has 1 aromatic rings. The van der Waals surface area contributed by atoms with Crippen molar-refractivity contribution in [3.05, 3.63) is 36.4 Å². The van der Waals surface area contributed by atoms with Crippen molar-refractivity contribution in [3.8, 4) is 11.5 Å². The number of nitrogens with one attached hydrogen (secondary N) is 2. The predicted octanol–water partition coefficient (Wildman–Crippen LogP) is -1.23. The minimum atomic E-state index is -0.117.